The van der Waals surface area contributed by atoms with Crippen LogP contribution in [0.25, 0.3) is 0 Å². The van der Waals surface area contributed by atoms with E-state index < -0.39 is 17.1 Å². The van der Waals surface area contributed by atoms with Crippen LogP contribution in [0, 0.1) is 0 Å². The van der Waals surface area contributed by atoms with Crippen LogP contribution >= 0.6 is 23.5 Å². The van der Waals surface area contributed by atoms with E-state index in [9.17, 15) is 0 Å². The van der Waals surface area contributed by atoms with Crippen molar-refractivity contribution in [3.8, 4) is 0 Å². The standard InChI is InChI=1S/C24H40O3S2Si2/c1-17(2)30(18(3)4)25-15-23-22(26-31(27-30,19(5)6)20(7)8)14-24(29-23)28-16-21-12-10-9-11-13-21/h9-14,17-20,22-23H,15-16H2,1-8H3/t22-,23+/m0/s1. The van der Waals surface area contributed by atoms with E-state index in [1.54, 1.807) is 0 Å². The van der Waals surface area contributed by atoms with Crippen LogP contribution in [-0.2, 0) is 18.7 Å². The van der Waals surface area contributed by atoms with E-state index >= 15 is 0 Å². The smallest absolute Gasteiger partial charge is 0.335 e. The zero-order valence-electron chi connectivity index (χ0n) is 20.4. The van der Waals surface area contributed by atoms with Crippen LogP contribution in [0.5, 0.6) is 0 Å². The maximum Gasteiger partial charge on any atom is 0.335 e. The molecule has 2 heterocycles. The van der Waals surface area contributed by atoms with Gasteiger partial charge >= 0.3 is 17.1 Å². The van der Waals surface area contributed by atoms with Crippen LogP contribution in [0.4, 0.5) is 0 Å². The molecular weight excluding hydrogens is 457 g/mol. The molecular formula is C24H40O3S2Si2. The van der Waals surface area contributed by atoms with Crippen molar-refractivity contribution in [2.24, 2.45) is 0 Å². The van der Waals surface area contributed by atoms with Crippen molar-refractivity contribution in [1.82, 2.24) is 0 Å². The molecule has 0 saturated carbocycles. The molecule has 0 aromatic heterocycles. The lowest BCUT2D eigenvalue weighted by molar-refractivity contribution is 0.0942. The van der Waals surface area contributed by atoms with Gasteiger partial charge in [-0.05, 0) is 33.8 Å². The Hall–Kier alpha value is -0.0262. The number of rotatable bonds is 7. The molecule has 0 spiro atoms. The SMILES string of the molecule is CC(C)[Si]1(C(C)C)OC[C@H]2SC(SCc3ccccc3)=C[C@@H]2O[Si](C(C)C)(C(C)C)O1. The lowest BCUT2D eigenvalue weighted by Crippen LogP contribution is -2.64. The summed E-state index contributed by atoms with van der Waals surface area (Å²) >= 11 is 3.87. The van der Waals surface area contributed by atoms with Gasteiger partial charge in [0, 0.05) is 9.99 Å². The highest BCUT2D eigenvalue weighted by atomic mass is 32.2. The van der Waals surface area contributed by atoms with Gasteiger partial charge in [-0.2, -0.15) is 0 Å². The van der Waals surface area contributed by atoms with E-state index in [0.29, 0.717) is 34.0 Å². The summed E-state index contributed by atoms with van der Waals surface area (Å²) < 4.78 is 22.6. The first kappa shape index (κ1) is 25.6. The van der Waals surface area contributed by atoms with E-state index in [1.165, 1.54) is 9.80 Å². The summed E-state index contributed by atoms with van der Waals surface area (Å²) in [6.07, 6.45) is 2.42. The van der Waals surface area contributed by atoms with E-state index in [1.807, 2.05) is 23.5 Å². The molecule has 0 unspecified atom stereocenters. The van der Waals surface area contributed by atoms with Crippen molar-refractivity contribution in [3.05, 3.63) is 46.2 Å². The molecule has 2 aliphatic rings. The van der Waals surface area contributed by atoms with Crippen LogP contribution in [0.1, 0.15) is 61.0 Å². The van der Waals surface area contributed by atoms with Crippen LogP contribution in [0.2, 0.25) is 22.2 Å². The first-order valence-corrected chi connectivity index (χ1v) is 17.5. The van der Waals surface area contributed by atoms with E-state index in [-0.39, 0.29) is 6.10 Å². The van der Waals surface area contributed by atoms with Gasteiger partial charge in [0.25, 0.3) is 0 Å². The molecule has 0 radical (unpaired) electrons. The molecule has 1 fully saturated rings. The van der Waals surface area contributed by atoms with Crippen LogP contribution in [0.3, 0.4) is 0 Å². The molecule has 0 bridgehead atoms. The summed E-state index contributed by atoms with van der Waals surface area (Å²) in [4.78, 5) is 0. The highest BCUT2D eigenvalue weighted by molar-refractivity contribution is 8.22. The Morgan fingerprint density at radius 1 is 0.903 bits per heavy atom. The second kappa shape index (κ2) is 10.5. The minimum atomic E-state index is -2.51. The van der Waals surface area contributed by atoms with Crippen molar-refractivity contribution in [3.63, 3.8) is 0 Å². The van der Waals surface area contributed by atoms with Gasteiger partial charge in [-0.15, -0.1) is 23.5 Å². The summed E-state index contributed by atoms with van der Waals surface area (Å²) in [7, 11) is -4.95. The summed E-state index contributed by atoms with van der Waals surface area (Å²) in [6, 6.07) is 10.7. The van der Waals surface area contributed by atoms with E-state index in [0.717, 1.165) is 5.75 Å². The Morgan fingerprint density at radius 2 is 1.48 bits per heavy atom. The number of hydrogen-bond donors (Lipinski definition) is 0. The number of hydrogen-bond acceptors (Lipinski definition) is 5. The van der Waals surface area contributed by atoms with Crippen molar-refractivity contribution in [1.29, 1.82) is 0 Å². The average Bonchev–Trinajstić information content (AvgIpc) is 3.07. The molecule has 0 aliphatic carbocycles. The fourth-order valence-electron chi connectivity index (χ4n) is 4.68. The highest BCUT2D eigenvalue weighted by Gasteiger charge is 2.59. The molecule has 2 atom stereocenters. The molecule has 2 aliphatic heterocycles. The van der Waals surface area contributed by atoms with Crippen LogP contribution < -0.4 is 0 Å². The molecule has 0 N–H and O–H groups in total. The third kappa shape index (κ3) is 5.39. The van der Waals surface area contributed by atoms with Gasteiger partial charge in [0.2, 0.25) is 0 Å². The molecule has 31 heavy (non-hydrogen) atoms. The van der Waals surface area contributed by atoms with Gasteiger partial charge in [-0.1, -0.05) is 85.7 Å². The quantitative estimate of drug-likeness (QED) is 0.359. The van der Waals surface area contributed by atoms with Gasteiger partial charge in [0.15, 0.2) is 0 Å². The lowest BCUT2D eigenvalue weighted by atomic mass is 10.2. The predicted molar refractivity (Wildman–Crippen MR) is 141 cm³/mol. The average molecular weight is 497 g/mol. The third-order valence-corrected chi connectivity index (χ3v) is 19.4. The summed E-state index contributed by atoms with van der Waals surface area (Å²) in [6.45, 7) is 19.0. The van der Waals surface area contributed by atoms with Gasteiger partial charge in [-0.3, -0.25) is 0 Å². The normalized spacial score (nSPS) is 25.6. The number of benzene rings is 1. The van der Waals surface area contributed by atoms with Gasteiger partial charge < -0.3 is 13.0 Å². The zero-order chi connectivity index (χ0) is 22.8. The fourth-order valence-corrected chi connectivity index (χ4v) is 18.5. The Bertz CT molecular complexity index is 736. The molecule has 1 aromatic carbocycles. The Balaban J connectivity index is 1.88. The van der Waals surface area contributed by atoms with Crippen LogP contribution in [0.15, 0.2) is 40.6 Å². The monoisotopic (exact) mass is 496 g/mol. The van der Waals surface area contributed by atoms with Crippen molar-refractivity contribution < 1.29 is 13.0 Å². The Kier molecular flexibility index (Phi) is 8.66. The lowest BCUT2D eigenvalue weighted by Gasteiger charge is -2.51. The van der Waals surface area contributed by atoms with Gasteiger partial charge in [0.05, 0.1) is 18.0 Å². The molecule has 7 heteroatoms. The molecule has 0 amide bonds. The maximum absolute atomic E-state index is 7.27. The van der Waals surface area contributed by atoms with Crippen molar-refractivity contribution >= 4 is 40.6 Å². The molecule has 3 rings (SSSR count). The minimum absolute atomic E-state index is 0.0751. The molecule has 1 saturated heterocycles. The van der Waals surface area contributed by atoms with E-state index in [4.69, 9.17) is 13.0 Å². The molecule has 3 nitrogen and oxygen atoms in total. The summed E-state index contributed by atoms with van der Waals surface area (Å²) in [5.74, 6) is 0.990. The van der Waals surface area contributed by atoms with Crippen LogP contribution in [-0.4, -0.2) is 35.1 Å². The fraction of sp³-hybridized carbons (Fsp3) is 0.667. The second-order valence-electron chi connectivity index (χ2n) is 9.97. The van der Waals surface area contributed by atoms with Crippen molar-refractivity contribution in [2.75, 3.05) is 6.61 Å². The highest BCUT2D eigenvalue weighted by Crippen LogP contribution is 2.50. The Labute approximate surface area is 200 Å². The topological polar surface area (TPSA) is 27.7 Å². The first-order chi connectivity index (χ1) is 14.6. The zero-order valence-corrected chi connectivity index (χ0v) is 24.0. The second-order valence-corrected chi connectivity index (χ2v) is 21.4. The van der Waals surface area contributed by atoms with Gasteiger partial charge in [0.1, 0.15) is 0 Å². The number of fused-ring (bicyclic) bond motifs is 1. The predicted octanol–water partition coefficient (Wildman–Crippen LogP) is 7.83. The minimum Gasteiger partial charge on any atom is -0.414 e. The maximum atomic E-state index is 7.27. The number of thioether (sulfide) groups is 2. The Morgan fingerprint density at radius 3 is 2.03 bits per heavy atom. The van der Waals surface area contributed by atoms with Crippen molar-refractivity contribution in [2.45, 2.75) is 94.7 Å². The summed E-state index contributed by atoms with van der Waals surface area (Å²) in [5, 5.41) is 0.316. The first-order valence-electron chi connectivity index (χ1n) is 11.7. The van der Waals surface area contributed by atoms with Gasteiger partial charge in [-0.25, -0.2) is 0 Å². The molecule has 174 valence electrons. The third-order valence-electron chi connectivity index (χ3n) is 6.49. The summed E-state index contributed by atoms with van der Waals surface area (Å²) in [5.41, 5.74) is 2.89. The van der Waals surface area contributed by atoms with E-state index in [2.05, 4.69) is 91.8 Å². The largest absolute Gasteiger partial charge is 0.414 e. The molecule has 1 aromatic rings.